The maximum atomic E-state index is 12.0. The summed E-state index contributed by atoms with van der Waals surface area (Å²) < 4.78 is 26.3. The van der Waals surface area contributed by atoms with Crippen molar-refractivity contribution in [2.75, 3.05) is 0 Å². The quantitative estimate of drug-likeness (QED) is 0.919. The molecule has 0 unspecified atom stereocenters. The summed E-state index contributed by atoms with van der Waals surface area (Å²) in [6.45, 7) is 0.150. The zero-order valence-corrected chi connectivity index (χ0v) is 10.8. The third kappa shape index (κ3) is 2.92. The monoisotopic (exact) mass is 279 g/mol. The molecular formula is C11H9N3O2S2. The predicted molar refractivity (Wildman–Crippen MR) is 67.3 cm³/mol. The van der Waals surface area contributed by atoms with Crippen molar-refractivity contribution in [2.24, 2.45) is 0 Å². The number of hydrogen-bond acceptors (Lipinski definition) is 5. The van der Waals surface area contributed by atoms with Crippen molar-refractivity contribution in [3.8, 4) is 6.07 Å². The SMILES string of the molecule is N#Cc1cccc(S(=O)(=O)NCc2nccs2)c1. The molecule has 5 nitrogen and oxygen atoms in total. The molecule has 0 spiro atoms. The molecule has 0 radical (unpaired) electrons. The van der Waals surface area contributed by atoms with Gasteiger partial charge in [-0.05, 0) is 18.2 Å². The van der Waals surface area contributed by atoms with E-state index in [1.165, 1.54) is 29.5 Å². The molecule has 1 N–H and O–H groups in total. The first kappa shape index (κ1) is 12.7. The van der Waals surface area contributed by atoms with Gasteiger partial charge in [0, 0.05) is 11.6 Å². The van der Waals surface area contributed by atoms with Gasteiger partial charge in [-0.3, -0.25) is 0 Å². The van der Waals surface area contributed by atoms with Crippen LogP contribution in [0.3, 0.4) is 0 Å². The molecule has 18 heavy (non-hydrogen) atoms. The van der Waals surface area contributed by atoms with Gasteiger partial charge in [-0.15, -0.1) is 11.3 Å². The maximum absolute atomic E-state index is 12.0. The molecule has 0 saturated carbocycles. The van der Waals surface area contributed by atoms with Crippen molar-refractivity contribution in [2.45, 2.75) is 11.4 Å². The Balaban J connectivity index is 2.18. The second-order valence-corrected chi connectivity index (χ2v) is 6.14. The van der Waals surface area contributed by atoms with Crippen LogP contribution in [0.1, 0.15) is 10.6 Å². The Hall–Kier alpha value is -1.75. The number of thiazole rings is 1. The molecule has 0 aliphatic rings. The van der Waals surface area contributed by atoms with Crippen molar-refractivity contribution >= 4 is 21.4 Å². The van der Waals surface area contributed by atoms with Crippen molar-refractivity contribution in [3.63, 3.8) is 0 Å². The molecule has 0 amide bonds. The zero-order valence-electron chi connectivity index (χ0n) is 9.20. The van der Waals surface area contributed by atoms with Gasteiger partial charge in [-0.2, -0.15) is 5.26 Å². The third-order valence-corrected chi connectivity index (χ3v) is 4.35. The molecule has 0 fully saturated rings. The van der Waals surface area contributed by atoms with E-state index in [0.29, 0.717) is 10.6 Å². The van der Waals surface area contributed by atoms with E-state index in [1.807, 2.05) is 6.07 Å². The molecule has 1 heterocycles. The number of rotatable bonds is 4. The van der Waals surface area contributed by atoms with Crippen LogP contribution < -0.4 is 4.72 Å². The van der Waals surface area contributed by atoms with Crippen molar-refractivity contribution in [1.29, 1.82) is 5.26 Å². The van der Waals surface area contributed by atoms with E-state index in [1.54, 1.807) is 17.6 Å². The van der Waals surface area contributed by atoms with E-state index >= 15 is 0 Å². The molecule has 2 rings (SSSR count). The molecule has 0 saturated heterocycles. The fraction of sp³-hybridized carbons (Fsp3) is 0.0909. The van der Waals surface area contributed by atoms with Crippen molar-refractivity contribution in [1.82, 2.24) is 9.71 Å². The van der Waals surface area contributed by atoms with Gasteiger partial charge in [-0.1, -0.05) is 6.07 Å². The Bertz CT molecular complexity index is 673. The summed E-state index contributed by atoms with van der Waals surface area (Å²) in [7, 11) is -3.60. The first-order valence-electron chi connectivity index (χ1n) is 5.00. The zero-order chi connectivity index (χ0) is 13.0. The topological polar surface area (TPSA) is 82.8 Å². The summed E-state index contributed by atoms with van der Waals surface area (Å²) in [5.41, 5.74) is 0.312. The van der Waals surface area contributed by atoms with Gasteiger partial charge in [-0.25, -0.2) is 18.1 Å². The van der Waals surface area contributed by atoms with E-state index in [-0.39, 0.29) is 11.4 Å². The summed E-state index contributed by atoms with van der Waals surface area (Å²) in [5, 5.41) is 11.2. The minimum absolute atomic E-state index is 0.0816. The van der Waals surface area contributed by atoms with Crippen LogP contribution >= 0.6 is 11.3 Å². The van der Waals surface area contributed by atoms with Crippen molar-refractivity contribution in [3.05, 3.63) is 46.4 Å². The number of nitrogens with one attached hydrogen (secondary N) is 1. The lowest BCUT2D eigenvalue weighted by Crippen LogP contribution is -2.23. The molecule has 1 aromatic heterocycles. The van der Waals surface area contributed by atoms with E-state index in [9.17, 15) is 8.42 Å². The fourth-order valence-corrected chi connectivity index (χ4v) is 2.99. The van der Waals surface area contributed by atoms with Gasteiger partial charge in [0.25, 0.3) is 0 Å². The number of sulfonamides is 1. The Kier molecular flexibility index (Phi) is 3.72. The van der Waals surface area contributed by atoms with Gasteiger partial charge >= 0.3 is 0 Å². The summed E-state index contributed by atoms with van der Waals surface area (Å²) in [6.07, 6.45) is 1.62. The fourth-order valence-electron chi connectivity index (χ4n) is 1.31. The average Bonchev–Trinajstić information content (AvgIpc) is 2.90. The standard InChI is InChI=1S/C11H9N3O2S2/c12-7-9-2-1-3-10(6-9)18(15,16)14-8-11-13-4-5-17-11/h1-6,14H,8H2. The van der Waals surface area contributed by atoms with Gasteiger partial charge in [0.1, 0.15) is 5.01 Å². The molecule has 1 aromatic carbocycles. The van der Waals surface area contributed by atoms with Crippen LogP contribution in [-0.2, 0) is 16.6 Å². The average molecular weight is 279 g/mol. The molecule has 0 atom stereocenters. The number of benzene rings is 1. The van der Waals surface area contributed by atoms with Gasteiger partial charge in [0.15, 0.2) is 0 Å². The molecule has 92 valence electrons. The number of nitriles is 1. The van der Waals surface area contributed by atoms with Crippen LogP contribution in [0, 0.1) is 11.3 Å². The highest BCUT2D eigenvalue weighted by Gasteiger charge is 2.14. The first-order chi connectivity index (χ1) is 8.62. The van der Waals surface area contributed by atoms with Gasteiger partial charge in [0.2, 0.25) is 10.0 Å². The minimum atomic E-state index is -3.60. The molecular weight excluding hydrogens is 270 g/mol. The lowest BCUT2D eigenvalue weighted by atomic mass is 10.2. The van der Waals surface area contributed by atoms with Crippen LogP contribution in [0.25, 0.3) is 0 Å². The van der Waals surface area contributed by atoms with Gasteiger partial charge < -0.3 is 0 Å². The Morgan fingerprint density at radius 2 is 2.28 bits per heavy atom. The van der Waals surface area contributed by atoms with Crippen LogP contribution in [0.4, 0.5) is 0 Å². The Labute approximate surface area is 109 Å². The predicted octanol–water partition coefficient (Wildman–Crippen LogP) is 1.49. The molecule has 2 aromatic rings. The smallest absolute Gasteiger partial charge is 0.240 e. The lowest BCUT2D eigenvalue weighted by Gasteiger charge is -2.05. The Morgan fingerprint density at radius 3 is 2.94 bits per heavy atom. The second-order valence-electron chi connectivity index (χ2n) is 3.39. The molecule has 0 aliphatic heterocycles. The van der Waals surface area contributed by atoms with Crippen LogP contribution in [0.15, 0.2) is 40.7 Å². The summed E-state index contributed by atoms with van der Waals surface area (Å²) in [5.74, 6) is 0. The first-order valence-corrected chi connectivity index (χ1v) is 7.36. The summed E-state index contributed by atoms with van der Waals surface area (Å²) >= 11 is 1.38. The number of aromatic nitrogens is 1. The normalized spacial score (nSPS) is 11.1. The largest absolute Gasteiger partial charge is 0.248 e. The highest BCUT2D eigenvalue weighted by atomic mass is 32.2. The number of nitrogens with zero attached hydrogens (tertiary/aromatic N) is 2. The molecule has 0 aliphatic carbocycles. The second kappa shape index (κ2) is 5.27. The third-order valence-electron chi connectivity index (χ3n) is 2.17. The minimum Gasteiger partial charge on any atom is -0.248 e. The molecule has 0 bridgehead atoms. The van der Waals surface area contributed by atoms with Crippen LogP contribution in [-0.4, -0.2) is 13.4 Å². The van der Waals surface area contributed by atoms with E-state index < -0.39 is 10.0 Å². The van der Waals surface area contributed by atoms with E-state index in [4.69, 9.17) is 5.26 Å². The Morgan fingerprint density at radius 1 is 1.44 bits per heavy atom. The lowest BCUT2D eigenvalue weighted by molar-refractivity contribution is 0.581. The number of hydrogen-bond donors (Lipinski definition) is 1. The van der Waals surface area contributed by atoms with Crippen LogP contribution in [0.2, 0.25) is 0 Å². The highest BCUT2D eigenvalue weighted by Crippen LogP contribution is 2.12. The van der Waals surface area contributed by atoms with Crippen LogP contribution in [0.5, 0.6) is 0 Å². The molecule has 7 heteroatoms. The van der Waals surface area contributed by atoms with E-state index in [2.05, 4.69) is 9.71 Å². The van der Waals surface area contributed by atoms with E-state index in [0.717, 1.165) is 0 Å². The maximum Gasteiger partial charge on any atom is 0.240 e. The summed E-state index contributed by atoms with van der Waals surface area (Å²) in [4.78, 5) is 4.07. The van der Waals surface area contributed by atoms with Crippen molar-refractivity contribution < 1.29 is 8.42 Å². The van der Waals surface area contributed by atoms with Gasteiger partial charge in [0.05, 0.1) is 23.1 Å². The summed E-state index contributed by atoms with van der Waals surface area (Å²) in [6, 6.07) is 7.79. The highest BCUT2D eigenvalue weighted by molar-refractivity contribution is 7.89.